The normalized spacial score (nSPS) is 10.5. The van der Waals surface area contributed by atoms with Crippen LogP contribution in [0.3, 0.4) is 0 Å². The number of hydrogen-bond donors (Lipinski definition) is 1. The summed E-state index contributed by atoms with van der Waals surface area (Å²) in [6.07, 6.45) is 0. The standard InChI is InChI=1S/C17H18N4O/c1-21(2)15-10-8-14(9-11-15)18-12-16-19-20-17(22-16)13-6-4-3-5-7-13/h3-11,18H,12H2,1-2H3. The highest BCUT2D eigenvalue weighted by Crippen LogP contribution is 2.19. The second-order valence-corrected chi connectivity index (χ2v) is 5.16. The van der Waals surface area contributed by atoms with Crippen LogP contribution in [0.15, 0.2) is 59.0 Å². The first-order valence-electron chi connectivity index (χ1n) is 7.11. The molecule has 1 heterocycles. The lowest BCUT2D eigenvalue weighted by Crippen LogP contribution is -2.08. The van der Waals surface area contributed by atoms with Crippen LogP contribution in [0.2, 0.25) is 0 Å². The Kier molecular flexibility index (Phi) is 4.05. The second-order valence-electron chi connectivity index (χ2n) is 5.16. The van der Waals surface area contributed by atoms with Gasteiger partial charge in [0, 0.05) is 31.0 Å². The van der Waals surface area contributed by atoms with Gasteiger partial charge < -0.3 is 14.6 Å². The molecule has 0 aliphatic rings. The van der Waals surface area contributed by atoms with E-state index < -0.39 is 0 Å². The number of nitrogens with zero attached hydrogens (tertiary/aromatic N) is 3. The van der Waals surface area contributed by atoms with Gasteiger partial charge in [-0.2, -0.15) is 0 Å². The van der Waals surface area contributed by atoms with Gasteiger partial charge in [0.2, 0.25) is 11.8 Å². The average Bonchev–Trinajstić information content (AvgIpc) is 3.03. The van der Waals surface area contributed by atoms with E-state index in [1.54, 1.807) is 0 Å². The van der Waals surface area contributed by atoms with Gasteiger partial charge in [-0.05, 0) is 36.4 Å². The number of nitrogens with one attached hydrogen (secondary N) is 1. The maximum Gasteiger partial charge on any atom is 0.247 e. The quantitative estimate of drug-likeness (QED) is 0.781. The minimum Gasteiger partial charge on any atom is -0.419 e. The topological polar surface area (TPSA) is 54.2 Å². The van der Waals surface area contributed by atoms with E-state index in [1.807, 2.05) is 56.6 Å². The van der Waals surface area contributed by atoms with Gasteiger partial charge in [0.05, 0.1) is 6.54 Å². The van der Waals surface area contributed by atoms with Crippen molar-refractivity contribution in [1.29, 1.82) is 0 Å². The summed E-state index contributed by atoms with van der Waals surface area (Å²) in [5, 5.41) is 11.4. The minimum absolute atomic E-state index is 0.501. The molecule has 1 aromatic heterocycles. The van der Waals surface area contributed by atoms with E-state index in [1.165, 1.54) is 0 Å². The smallest absolute Gasteiger partial charge is 0.247 e. The van der Waals surface area contributed by atoms with Gasteiger partial charge >= 0.3 is 0 Å². The van der Waals surface area contributed by atoms with E-state index in [4.69, 9.17) is 4.42 Å². The van der Waals surface area contributed by atoms with E-state index in [9.17, 15) is 0 Å². The van der Waals surface area contributed by atoms with Crippen LogP contribution in [-0.2, 0) is 6.54 Å². The van der Waals surface area contributed by atoms with Gasteiger partial charge in [0.25, 0.3) is 0 Å². The summed E-state index contributed by atoms with van der Waals surface area (Å²) in [5.41, 5.74) is 3.11. The number of aromatic nitrogens is 2. The maximum absolute atomic E-state index is 5.66. The molecule has 2 aromatic carbocycles. The third-order valence-electron chi connectivity index (χ3n) is 3.32. The molecule has 0 fully saturated rings. The Morgan fingerprint density at radius 1 is 0.955 bits per heavy atom. The summed E-state index contributed by atoms with van der Waals surface area (Å²) in [5.74, 6) is 1.11. The SMILES string of the molecule is CN(C)c1ccc(NCc2nnc(-c3ccccc3)o2)cc1. The Bertz CT molecular complexity index is 720. The third kappa shape index (κ3) is 3.25. The molecule has 0 aliphatic heterocycles. The molecule has 5 nitrogen and oxygen atoms in total. The van der Waals surface area contributed by atoms with Gasteiger partial charge in [0.1, 0.15) is 0 Å². The molecule has 22 heavy (non-hydrogen) atoms. The van der Waals surface area contributed by atoms with E-state index in [2.05, 4.69) is 32.5 Å². The van der Waals surface area contributed by atoms with Gasteiger partial charge in [-0.15, -0.1) is 10.2 Å². The first-order valence-corrected chi connectivity index (χ1v) is 7.11. The molecular weight excluding hydrogens is 276 g/mol. The highest BCUT2D eigenvalue weighted by Gasteiger charge is 2.07. The Morgan fingerprint density at radius 3 is 2.36 bits per heavy atom. The summed E-state index contributed by atoms with van der Waals surface area (Å²) in [6.45, 7) is 0.501. The van der Waals surface area contributed by atoms with E-state index in [0.29, 0.717) is 18.3 Å². The van der Waals surface area contributed by atoms with E-state index in [-0.39, 0.29) is 0 Å². The predicted molar refractivity (Wildman–Crippen MR) is 87.8 cm³/mol. The van der Waals surface area contributed by atoms with E-state index in [0.717, 1.165) is 16.9 Å². The molecule has 0 amide bonds. The molecule has 0 saturated carbocycles. The van der Waals surface area contributed by atoms with Crippen molar-refractivity contribution in [2.24, 2.45) is 0 Å². The lowest BCUT2D eigenvalue weighted by atomic mass is 10.2. The fourth-order valence-corrected chi connectivity index (χ4v) is 2.08. The van der Waals surface area contributed by atoms with Crippen LogP contribution in [0.1, 0.15) is 5.89 Å². The predicted octanol–water partition coefficient (Wildman–Crippen LogP) is 3.41. The Labute approximate surface area is 129 Å². The molecule has 0 atom stereocenters. The lowest BCUT2D eigenvalue weighted by molar-refractivity contribution is 0.515. The zero-order chi connectivity index (χ0) is 15.4. The monoisotopic (exact) mass is 294 g/mol. The number of rotatable bonds is 5. The Morgan fingerprint density at radius 2 is 1.68 bits per heavy atom. The van der Waals surface area contributed by atoms with Crippen LogP contribution in [0.25, 0.3) is 11.5 Å². The van der Waals surface area contributed by atoms with Crippen LogP contribution in [-0.4, -0.2) is 24.3 Å². The molecule has 0 radical (unpaired) electrons. The van der Waals surface area contributed by atoms with Crippen molar-refractivity contribution < 1.29 is 4.42 Å². The van der Waals surface area contributed by atoms with Crippen molar-refractivity contribution in [3.8, 4) is 11.5 Å². The van der Waals surface area contributed by atoms with Gasteiger partial charge in [-0.1, -0.05) is 18.2 Å². The summed E-state index contributed by atoms with van der Waals surface area (Å²) in [6, 6.07) is 17.9. The largest absolute Gasteiger partial charge is 0.419 e. The zero-order valence-corrected chi connectivity index (χ0v) is 12.7. The van der Waals surface area contributed by atoms with Crippen molar-refractivity contribution in [2.75, 3.05) is 24.3 Å². The zero-order valence-electron chi connectivity index (χ0n) is 12.7. The molecule has 1 N–H and O–H groups in total. The maximum atomic E-state index is 5.66. The molecule has 0 spiro atoms. The number of anilines is 2. The van der Waals surface area contributed by atoms with Crippen LogP contribution >= 0.6 is 0 Å². The summed E-state index contributed by atoms with van der Waals surface area (Å²) < 4.78 is 5.66. The van der Waals surface area contributed by atoms with Crippen LogP contribution in [0.4, 0.5) is 11.4 Å². The fourth-order valence-electron chi connectivity index (χ4n) is 2.08. The average molecular weight is 294 g/mol. The molecular formula is C17H18N4O. The molecule has 3 aromatic rings. The van der Waals surface area contributed by atoms with Crippen molar-refractivity contribution >= 4 is 11.4 Å². The molecule has 5 heteroatoms. The number of benzene rings is 2. The van der Waals surface area contributed by atoms with Crippen molar-refractivity contribution in [3.05, 3.63) is 60.5 Å². The highest BCUT2D eigenvalue weighted by molar-refractivity contribution is 5.54. The Balaban J connectivity index is 1.63. The van der Waals surface area contributed by atoms with Crippen molar-refractivity contribution in [2.45, 2.75) is 6.54 Å². The second kappa shape index (κ2) is 6.30. The molecule has 0 saturated heterocycles. The highest BCUT2D eigenvalue weighted by atomic mass is 16.4. The van der Waals surface area contributed by atoms with E-state index >= 15 is 0 Å². The molecule has 112 valence electrons. The molecule has 0 unspecified atom stereocenters. The summed E-state index contributed by atoms with van der Waals surface area (Å²) >= 11 is 0. The van der Waals surface area contributed by atoms with Gasteiger partial charge in [-0.3, -0.25) is 0 Å². The molecule has 3 rings (SSSR count). The number of hydrogen-bond acceptors (Lipinski definition) is 5. The summed E-state index contributed by atoms with van der Waals surface area (Å²) in [7, 11) is 4.04. The van der Waals surface area contributed by atoms with Crippen LogP contribution in [0.5, 0.6) is 0 Å². The summed E-state index contributed by atoms with van der Waals surface area (Å²) in [4.78, 5) is 2.06. The first kappa shape index (κ1) is 14.1. The minimum atomic E-state index is 0.501. The van der Waals surface area contributed by atoms with Crippen molar-refractivity contribution in [3.63, 3.8) is 0 Å². The Hall–Kier alpha value is -2.82. The molecule has 0 aliphatic carbocycles. The van der Waals surface area contributed by atoms with Gasteiger partial charge in [-0.25, -0.2) is 0 Å². The molecule has 0 bridgehead atoms. The van der Waals surface area contributed by atoms with Crippen molar-refractivity contribution in [1.82, 2.24) is 10.2 Å². The van der Waals surface area contributed by atoms with Crippen LogP contribution < -0.4 is 10.2 Å². The lowest BCUT2D eigenvalue weighted by Gasteiger charge is -2.12. The van der Waals surface area contributed by atoms with Gasteiger partial charge in [0.15, 0.2) is 0 Å². The first-order chi connectivity index (χ1) is 10.7. The third-order valence-corrected chi connectivity index (χ3v) is 3.32. The fraction of sp³-hybridized carbons (Fsp3) is 0.176. The van der Waals surface area contributed by atoms with Crippen LogP contribution in [0, 0.1) is 0 Å².